The number of aromatic nitrogens is 3. The molecule has 2 aromatic rings. The molecule has 0 unspecified atom stereocenters. The fourth-order valence-corrected chi connectivity index (χ4v) is 6.04. The van der Waals surface area contributed by atoms with Crippen LogP contribution in [0.2, 0.25) is 0 Å². The van der Waals surface area contributed by atoms with Gasteiger partial charge in [-0.15, -0.1) is 10.2 Å². The highest BCUT2D eigenvalue weighted by molar-refractivity contribution is 7.99. The minimum Gasteiger partial charge on any atom is -0.378 e. The molecule has 2 aliphatic heterocycles. The molecule has 180 valence electrons. The minimum absolute atomic E-state index is 0.00806. The molecule has 2 aliphatic rings. The normalized spacial score (nSPS) is 16.8. The number of ether oxygens (including phenoxy) is 1. The van der Waals surface area contributed by atoms with Gasteiger partial charge in [-0.2, -0.15) is 0 Å². The lowest BCUT2D eigenvalue weighted by Gasteiger charge is -2.29. The van der Waals surface area contributed by atoms with E-state index in [2.05, 4.69) is 33.5 Å². The van der Waals surface area contributed by atoms with Gasteiger partial charge in [-0.25, -0.2) is 8.42 Å². The SMILES string of the molecule is CC(C)Cn1c(SCC(=O)c2ccc3c(c2)CCCN3S(C)(=O)=O)nnc1N1CCOCC1. The summed E-state index contributed by atoms with van der Waals surface area (Å²) in [7, 11) is -3.33. The molecule has 0 N–H and O–H groups in total. The molecule has 0 atom stereocenters. The second-order valence-electron chi connectivity index (χ2n) is 8.88. The van der Waals surface area contributed by atoms with Gasteiger partial charge in [0, 0.05) is 31.7 Å². The number of rotatable bonds is 8. The zero-order valence-corrected chi connectivity index (χ0v) is 21.0. The van der Waals surface area contributed by atoms with Crippen molar-refractivity contribution < 1.29 is 17.9 Å². The quantitative estimate of drug-likeness (QED) is 0.409. The average Bonchev–Trinajstić information content (AvgIpc) is 3.18. The van der Waals surface area contributed by atoms with E-state index in [0.717, 1.165) is 49.1 Å². The fraction of sp³-hybridized carbons (Fsp3) is 0.591. The van der Waals surface area contributed by atoms with E-state index in [4.69, 9.17) is 4.74 Å². The number of nitrogens with zero attached hydrogens (tertiary/aromatic N) is 5. The van der Waals surface area contributed by atoms with E-state index in [0.29, 0.717) is 36.9 Å². The van der Waals surface area contributed by atoms with Crippen LogP contribution in [0.1, 0.15) is 36.2 Å². The Labute approximate surface area is 199 Å². The zero-order valence-electron chi connectivity index (χ0n) is 19.4. The molecule has 1 fully saturated rings. The highest BCUT2D eigenvalue weighted by atomic mass is 32.2. The highest BCUT2D eigenvalue weighted by Gasteiger charge is 2.25. The molecular weight excluding hydrogens is 462 g/mol. The maximum atomic E-state index is 13.0. The molecule has 11 heteroatoms. The summed E-state index contributed by atoms with van der Waals surface area (Å²) in [6.07, 6.45) is 2.73. The Kier molecular flexibility index (Phi) is 7.30. The number of hydrogen-bond donors (Lipinski definition) is 0. The molecule has 33 heavy (non-hydrogen) atoms. The van der Waals surface area contributed by atoms with Crippen LogP contribution in [0.5, 0.6) is 0 Å². The largest absolute Gasteiger partial charge is 0.378 e. The Hall–Kier alpha value is -2.11. The average molecular weight is 494 g/mol. The van der Waals surface area contributed by atoms with Gasteiger partial charge in [-0.3, -0.25) is 13.7 Å². The van der Waals surface area contributed by atoms with Gasteiger partial charge >= 0.3 is 0 Å². The standard InChI is InChI=1S/C22H31N5O4S2/c1-16(2)14-26-21(25-9-11-31-12-10-25)23-24-22(26)32-15-20(28)18-6-7-19-17(13-18)5-4-8-27(19)33(3,29)30/h6-7,13,16H,4-5,8-12,14-15H2,1-3H3. The second-order valence-corrected chi connectivity index (χ2v) is 11.7. The summed E-state index contributed by atoms with van der Waals surface area (Å²) in [5.41, 5.74) is 2.18. The number of morpholine rings is 1. The van der Waals surface area contributed by atoms with Crippen LogP contribution < -0.4 is 9.21 Å². The molecule has 1 saturated heterocycles. The summed E-state index contributed by atoms with van der Waals surface area (Å²) in [6.45, 7) is 8.45. The lowest BCUT2D eigenvalue weighted by atomic mass is 9.99. The van der Waals surface area contributed by atoms with Crippen molar-refractivity contribution in [3.8, 4) is 0 Å². The summed E-state index contributed by atoms with van der Waals surface area (Å²) in [6, 6.07) is 5.32. The topological polar surface area (TPSA) is 97.6 Å². The third-order valence-electron chi connectivity index (χ3n) is 5.75. The van der Waals surface area contributed by atoms with Crippen LogP contribution in [0.4, 0.5) is 11.6 Å². The Balaban J connectivity index is 1.49. The smallest absolute Gasteiger partial charge is 0.232 e. The fourth-order valence-electron chi connectivity index (χ4n) is 4.20. The molecule has 1 aromatic carbocycles. The van der Waals surface area contributed by atoms with Crippen LogP contribution in [-0.4, -0.2) is 73.8 Å². The predicted octanol–water partition coefficient (Wildman–Crippen LogP) is 2.46. The Morgan fingerprint density at radius 2 is 1.94 bits per heavy atom. The molecule has 3 heterocycles. The summed E-state index contributed by atoms with van der Waals surface area (Å²) in [4.78, 5) is 15.2. The third kappa shape index (κ3) is 5.52. The van der Waals surface area contributed by atoms with Gasteiger partial charge in [0.05, 0.1) is 30.9 Å². The van der Waals surface area contributed by atoms with Gasteiger partial charge in [-0.05, 0) is 42.5 Å². The van der Waals surface area contributed by atoms with Crippen molar-refractivity contribution >= 4 is 39.2 Å². The number of ketones is 1. The molecule has 0 radical (unpaired) electrons. The highest BCUT2D eigenvalue weighted by Crippen LogP contribution is 2.31. The summed E-state index contributed by atoms with van der Waals surface area (Å²) in [5, 5.41) is 9.54. The van der Waals surface area contributed by atoms with Gasteiger partial charge in [0.15, 0.2) is 10.9 Å². The third-order valence-corrected chi connectivity index (χ3v) is 7.90. The Bertz CT molecular complexity index is 1110. The number of carbonyl (C=O) groups excluding carboxylic acids is 1. The van der Waals surface area contributed by atoms with Crippen molar-refractivity contribution in [1.82, 2.24) is 14.8 Å². The van der Waals surface area contributed by atoms with Crippen molar-refractivity contribution in [2.45, 2.75) is 38.4 Å². The number of anilines is 2. The van der Waals surface area contributed by atoms with E-state index in [1.807, 2.05) is 6.07 Å². The summed E-state index contributed by atoms with van der Waals surface area (Å²) in [5.74, 6) is 1.48. The molecule has 4 rings (SSSR count). The monoisotopic (exact) mass is 493 g/mol. The molecule has 0 bridgehead atoms. The van der Waals surface area contributed by atoms with Crippen molar-refractivity contribution in [3.63, 3.8) is 0 Å². The molecule has 0 saturated carbocycles. The van der Waals surface area contributed by atoms with Crippen LogP contribution in [0, 0.1) is 5.92 Å². The number of thioether (sulfide) groups is 1. The summed E-state index contributed by atoms with van der Waals surface area (Å²) < 4.78 is 33.1. The van der Waals surface area contributed by atoms with Crippen LogP contribution in [0.15, 0.2) is 23.4 Å². The van der Waals surface area contributed by atoms with E-state index in [1.165, 1.54) is 22.3 Å². The van der Waals surface area contributed by atoms with Crippen molar-refractivity contribution in [1.29, 1.82) is 0 Å². The number of sulfonamides is 1. The number of fused-ring (bicyclic) bond motifs is 1. The second kappa shape index (κ2) is 10.0. The lowest BCUT2D eigenvalue weighted by molar-refractivity contribution is 0.102. The number of aryl methyl sites for hydroxylation is 1. The first-order valence-corrected chi connectivity index (χ1v) is 14.1. The first-order valence-electron chi connectivity index (χ1n) is 11.3. The number of Topliss-reactive ketones (excluding diaryl/α,β-unsaturated/α-hetero) is 1. The molecule has 0 amide bonds. The number of carbonyl (C=O) groups is 1. The predicted molar refractivity (Wildman–Crippen MR) is 130 cm³/mol. The zero-order chi connectivity index (χ0) is 23.6. The minimum atomic E-state index is -3.33. The van der Waals surface area contributed by atoms with Gasteiger partial charge in [0.2, 0.25) is 16.0 Å². The molecule has 0 spiro atoms. The molecule has 1 aromatic heterocycles. The van der Waals surface area contributed by atoms with Crippen LogP contribution in [0.25, 0.3) is 0 Å². The van der Waals surface area contributed by atoms with Gasteiger partial charge in [0.25, 0.3) is 0 Å². The van der Waals surface area contributed by atoms with Crippen molar-refractivity contribution in [3.05, 3.63) is 29.3 Å². The molecule has 0 aliphatic carbocycles. The molecule has 9 nitrogen and oxygen atoms in total. The number of benzene rings is 1. The Morgan fingerprint density at radius 3 is 2.64 bits per heavy atom. The van der Waals surface area contributed by atoms with E-state index < -0.39 is 10.0 Å². The lowest BCUT2D eigenvalue weighted by Crippen LogP contribution is -2.38. The van der Waals surface area contributed by atoms with Gasteiger partial charge in [0.1, 0.15) is 0 Å². The maximum absolute atomic E-state index is 13.0. The first-order chi connectivity index (χ1) is 15.7. The first kappa shape index (κ1) is 24.0. The molecular formula is C22H31N5O4S2. The Morgan fingerprint density at radius 1 is 1.18 bits per heavy atom. The van der Waals surface area contributed by atoms with E-state index >= 15 is 0 Å². The van der Waals surface area contributed by atoms with E-state index in [1.54, 1.807) is 12.1 Å². The van der Waals surface area contributed by atoms with Crippen LogP contribution in [0.3, 0.4) is 0 Å². The van der Waals surface area contributed by atoms with Crippen LogP contribution >= 0.6 is 11.8 Å². The van der Waals surface area contributed by atoms with Gasteiger partial charge in [-0.1, -0.05) is 25.6 Å². The maximum Gasteiger partial charge on any atom is 0.232 e. The number of hydrogen-bond acceptors (Lipinski definition) is 8. The van der Waals surface area contributed by atoms with E-state index in [9.17, 15) is 13.2 Å². The summed E-state index contributed by atoms with van der Waals surface area (Å²) >= 11 is 1.39. The van der Waals surface area contributed by atoms with E-state index in [-0.39, 0.29) is 11.5 Å². The van der Waals surface area contributed by atoms with Crippen molar-refractivity contribution in [2.24, 2.45) is 5.92 Å². The van der Waals surface area contributed by atoms with Crippen molar-refractivity contribution in [2.75, 3.05) is 54.1 Å². The van der Waals surface area contributed by atoms with Gasteiger partial charge < -0.3 is 9.64 Å². The van der Waals surface area contributed by atoms with Crippen LogP contribution in [-0.2, 0) is 27.7 Å².